The van der Waals surface area contributed by atoms with Gasteiger partial charge < -0.3 is 25.3 Å². The molecule has 3 fully saturated rings. The van der Waals surface area contributed by atoms with Crippen molar-refractivity contribution in [2.24, 2.45) is 17.8 Å². The summed E-state index contributed by atoms with van der Waals surface area (Å²) in [5, 5.41) is 23.6. The number of carbonyl (C=O) groups excluding carboxylic acids is 1. The number of likely N-dealkylation sites (tertiary alicyclic amines) is 1. The highest BCUT2D eigenvalue weighted by Gasteiger charge is 2.60. The predicted molar refractivity (Wildman–Crippen MR) is 108 cm³/mol. The molecule has 28 heavy (non-hydrogen) atoms. The number of amides is 1. The van der Waals surface area contributed by atoms with E-state index in [1.165, 1.54) is 17.7 Å². The van der Waals surface area contributed by atoms with E-state index in [0.29, 0.717) is 11.2 Å². The molecule has 4 aliphatic heterocycles. The van der Waals surface area contributed by atoms with E-state index in [1.807, 2.05) is 6.92 Å². The van der Waals surface area contributed by atoms with E-state index in [2.05, 4.69) is 10.2 Å². The van der Waals surface area contributed by atoms with Crippen molar-refractivity contribution in [3.8, 4) is 0 Å². The molecule has 0 saturated carbocycles. The van der Waals surface area contributed by atoms with E-state index in [1.54, 1.807) is 18.7 Å². The highest BCUT2D eigenvalue weighted by molar-refractivity contribution is 8.03. The third-order valence-corrected chi connectivity index (χ3v) is 8.29. The van der Waals surface area contributed by atoms with E-state index in [9.17, 15) is 19.8 Å². The lowest BCUT2D eigenvalue weighted by atomic mass is 9.79. The van der Waals surface area contributed by atoms with Crippen molar-refractivity contribution in [2.75, 3.05) is 32.7 Å². The van der Waals surface area contributed by atoms with Crippen molar-refractivity contribution in [1.29, 1.82) is 0 Å². The Morgan fingerprint density at radius 1 is 1.39 bits per heavy atom. The number of piperidine rings is 1. The van der Waals surface area contributed by atoms with Crippen molar-refractivity contribution in [3.63, 3.8) is 0 Å². The number of aliphatic hydroxyl groups is 1. The molecule has 1 unspecified atom stereocenters. The number of hydrogen-bond acceptors (Lipinski definition) is 6. The maximum atomic E-state index is 12.4. The average molecular weight is 410 g/mol. The topological polar surface area (TPSA) is 93.1 Å². The zero-order valence-corrected chi connectivity index (χ0v) is 17.5. The molecule has 0 spiro atoms. The van der Waals surface area contributed by atoms with Crippen LogP contribution < -0.4 is 5.32 Å². The van der Waals surface area contributed by atoms with E-state index in [0.717, 1.165) is 44.0 Å². The van der Waals surface area contributed by atoms with Crippen molar-refractivity contribution < 1.29 is 19.8 Å². The van der Waals surface area contributed by atoms with Gasteiger partial charge in [-0.25, -0.2) is 4.79 Å². The molecule has 8 heteroatoms. The van der Waals surface area contributed by atoms with E-state index >= 15 is 0 Å². The quantitative estimate of drug-likeness (QED) is 0.563. The van der Waals surface area contributed by atoms with Crippen molar-refractivity contribution in [1.82, 2.24) is 15.1 Å². The van der Waals surface area contributed by atoms with Crippen LogP contribution >= 0.6 is 11.8 Å². The number of hydrogen-bond donors (Lipinski definition) is 3. The van der Waals surface area contributed by atoms with Gasteiger partial charge >= 0.3 is 5.97 Å². The molecule has 0 aromatic heterocycles. The number of thioether (sulfide) groups is 1. The van der Waals surface area contributed by atoms with E-state index in [4.69, 9.17) is 0 Å². The molecule has 0 aromatic carbocycles. The molecular formula is C20H31N3O4S. The Hall–Kier alpha value is -1.09. The van der Waals surface area contributed by atoms with Gasteiger partial charge in [-0.1, -0.05) is 6.92 Å². The Morgan fingerprint density at radius 3 is 2.82 bits per heavy atom. The summed E-state index contributed by atoms with van der Waals surface area (Å²) in [5.41, 5.74) is 0.152. The number of rotatable bonds is 6. The van der Waals surface area contributed by atoms with Gasteiger partial charge in [-0.2, -0.15) is 0 Å². The zero-order chi connectivity index (χ0) is 20.0. The first-order valence-corrected chi connectivity index (χ1v) is 11.3. The first kappa shape index (κ1) is 20.2. The summed E-state index contributed by atoms with van der Waals surface area (Å²) in [6.45, 7) is 8.98. The number of nitrogens with one attached hydrogen (secondary N) is 1. The number of carbonyl (C=O) groups is 2. The molecule has 0 radical (unpaired) electrons. The second kappa shape index (κ2) is 7.97. The lowest BCUT2D eigenvalue weighted by molar-refractivity contribution is -0.163. The van der Waals surface area contributed by atoms with Crippen LogP contribution in [0.3, 0.4) is 0 Å². The smallest absolute Gasteiger partial charge is 0.353 e. The molecule has 3 saturated heterocycles. The zero-order valence-electron chi connectivity index (χ0n) is 16.6. The highest BCUT2D eigenvalue weighted by atomic mass is 32.2. The van der Waals surface area contributed by atoms with Gasteiger partial charge in [-0.3, -0.25) is 4.79 Å². The van der Waals surface area contributed by atoms with Crippen molar-refractivity contribution in [2.45, 2.75) is 50.5 Å². The van der Waals surface area contributed by atoms with Crippen molar-refractivity contribution in [3.05, 3.63) is 10.6 Å². The molecule has 6 atom stereocenters. The van der Waals surface area contributed by atoms with Gasteiger partial charge in [-0.15, -0.1) is 11.8 Å². The highest BCUT2D eigenvalue weighted by Crippen LogP contribution is 2.51. The Labute approximate surface area is 170 Å². The van der Waals surface area contributed by atoms with Crippen LogP contribution in [-0.4, -0.2) is 82.0 Å². The second-order valence-corrected chi connectivity index (χ2v) is 10.1. The van der Waals surface area contributed by atoms with Crippen LogP contribution in [0.5, 0.6) is 0 Å². The third kappa shape index (κ3) is 3.49. The number of aliphatic hydroxyl groups excluding tert-OH is 1. The van der Waals surface area contributed by atoms with Gasteiger partial charge in [0.1, 0.15) is 5.70 Å². The number of carboxylic acid groups (broad SMARTS) is 1. The molecule has 156 valence electrons. The molecule has 3 N–H and O–H groups in total. The third-order valence-electron chi connectivity index (χ3n) is 6.75. The number of carboxylic acids is 1. The Kier molecular flexibility index (Phi) is 5.75. The minimum absolute atomic E-state index is 0.0370. The fraction of sp³-hybridized carbons (Fsp3) is 0.800. The molecule has 0 aliphatic carbocycles. The molecule has 4 rings (SSSR count). The summed E-state index contributed by atoms with van der Waals surface area (Å²) in [4.78, 5) is 29.1. The summed E-state index contributed by atoms with van der Waals surface area (Å²) >= 11 is 1.65. The van der Waals surface area contributed by atoms with Crippen LogP contribution in [0, 0.1) is 17.8 Å². The lowest BCUT2D eigenvalue weighted by Crippen LogP contribution is -2.63. The second-order valence-electron chi connectivity index (χ2n) is 8.77. The van der Waals surface area contributed by atoms with Crippen LogP contribution in [0.1, 0.15) is 33.1 Å². The first-order valence-electron chi connectivity index (χ1n) is 10.5. The summed E-state index contributed by atoms with van der Waals surface area (Å²) in [7, 11) is 0. The standard InChI is InChI=1S/C20H31N3O4S/c1-11-16-15(12(2)24)19(25)23(16)17(20(26)27)18(11)28-14-5-7-22(10-14)9-13-4-3-6-21-8-13/h11-16,21,24H,3-10H2,1-2H3,(H,26,27)/t11-,12-,13?,14-,15-,16-/m1/s1. The van der Waals surface area contributed by atoms with Crippen LogP contribution in [0.25, 0.3) is 0 Å². The molecular weight excluding hydrogens is 378 g/mol. The van der Waals surface area contributed by atoms with Gasteiger partial charge in [0.05, 0.1) is 18.1 Å². The van der Waals surface area contributed by atoms with Gasteiger partial charge in [0.2, 0.25) is 5.91 Å². The molecule has 0 bridgehead atoms. The molecule has 4 heterocycles. The molecule has 0 aromatic rings. The summed E-state index contributed by atoms with van der Waals surface area (Å²) in [5.74, 6) is -1.09. The van der Waals surface area contributed by atoms with Gasteiger partial charge in [0.25, 0.3) is 0 Å². The van der Waals surface area contributed by atoms with Crippen LogP contribution in [-0.2, 0) is 9.59 Å². The largest absolute Gasteiger partial charge is 0.477 e. The Bertz CT molecular complexity index is 676. The Balaban J connectivity index is 1.42. The maximum Gasteiger partial charge on any atom is 0.353 e. The fourth-order valence-corrected chi connectivity index (χ4v) is 6.88. The predicted octanol–water partition coefficient (Wildman–Crippen LogP) is 0.947. The number of aliphatic carboxylic acids is 1. The van der Waals surface area contributed by atoms with Gasteiger partial charge in [0, 0.05) is 29.2 Å². The van der Waals surface area contributed by atoms with E-state index in [-0.39, 0.29) is 23.6 Å². The number of fused-ring (bicyclic) bond motifs is 1. The number of β-lactam (4-membered cyclic amide) rings is 1. The van der Waals surface area contributed by atoms with Crippen LogP contribution in [0.15, 0.2) is 10.6 Å². The maximum absolute atomic E-state index is 12.4. The van der Waals surface area contributed by atoms with Gasteiger partial charge in [-0.05, 0) is 51.7 Å². The molecule has 1 amide bonds. The summed E-state index contributed by atoms with van der Waals surface area (Å²) in [6.07, 6.45) is 2.83. The van der Waals surface area contributed by atoms with Crippen LogP contribution in [0.4, 0.5) is 0 Å². The molecule has 7 nitrogen and oxygen atoms in total. The van der Waals surface area contributed by atoms with Crippen molar-refractivity contribution >= 4 is 23.6 Å². The minimum atomic E-state index is -1.03. The lowest BCUT2D eigenvalue weighted by Gasteiger charge is -2.46. The average Bonchev–Trinajstić information content (AvgIpc) is 3.17. The monoisotopic (exact) mass is 409 g/mol. The van der Waals surface area contributed by atoms with Crippen LogP contribution in [0.2, 0.25) is 0 Å². The normalized spacial score (nSPS) is 37.2. The van der Waals surface area contributed by atoms with E-state index < -0.39 is 18.0 Å². The summed E-state index contributed by atoms with van der Waals surface area (Å²) < 4.78 is 0. The Morgan fingerprint density at radius 2 is 2.18 bits per heavy atom. The SMILES string of the molecule is C[C@@H](O)[C@H]1C(=O)N2C(C(=O)O)=C(S[C@@H]3CCN(CC4CCCNC4)C3)[C@H](C)[C@H]12. The fourth-order valence-electron chi connectivity index (χ4n) is 5.36. The first-order chi connectivity index (χ1) is 13.4. The minimum Gasteiger partial charge on any atom is -0.477 e. The summed E-state index contributed by atoms with van der Waals surface area (Å²) in [6, 6.07) is -0.216. The number of nitrogens with zero attached hydrogens (tertiary/aromatic N) is 2. The van der Waals surface area contributed by atoms with Gasteiger partial charge in [0.15, 0.2) is 0 Å². The molecule has 4 aliphatic rings.